The molecule has 0 atom stereocenters. The lowest BCUT2D eigenvalue weighted by atomic mass is 9.79. The Hall–Kier alpha value is -2.23. The van der Waals surface area contributed by atoms with E-state index in [-0.39, 0.29) is 0 Å². The molecule has 0 aliphatic heterocycles. The standard InChI is InChI=1S/C15H14N4/c1-3-11(4-1)12-5-2-6-13(7-12)14-8-16-9-15-18-17-10-19(14)15/h2,5-11H,1,3-4H2. The first-order valence-corrected chi connectivity index (χ1v) is 6.66. The summed E-state index contributed by atoms with van der Waals surface area (Å²) in [7, 11) is 0. The number of fused-ring (bicyclic) bond motifs is 1. The van der Waals surface area contributed by atoms with Crippen molar-refractivity contribution >= 4 is 5.65 Å². The molecule has 1 fully saturated rings. The van der Waals surface area contributed by atoms with Gasteiger partial charge in [0.1, 0.15) is 6.33 Å². The van der Waals surface area contributed by atoms with Crippen molar-refractivity contribution in [1.29, 1.82) is 0 Å². The van der Waals surface area contributed by atoms with Crippen LogP contribution in [0.5, 0.6) is 0 Å². The first kappa shape index (κ1) is 10.7. The lowest BCUT2D eigenvalue weighted by Crippen LogP contribution is -2.08. The van der Waals surface area contributed by atoms with E-state index in [2.05, 4.69) is 39.4 Å². The minimum atomic E-state index is 0.744. The van der Waals surface area contributed by atoms with Crippen molar-refractivity contribution in [3.8, 4) is 11.3 Å². The Balaban J connectivity index is 1.85. The molecule has 1 aliphatic rings. The van der Waals surface area contributed by atoms with E-state index in [0.29, 0.717) is 0 Å². The van der Waals surface area contributed by atoms with E-state index in [1.165, 1.54) is 30.4 Å². The van der Waals surface area contributed by atoms with Crippen LogP contribution < -0.4 is 0 Å². The Morgan fingerprint density at radius 2 is 2.11 bits per heavy atom. The molecule has 1 aliphatic carbocycles. The molecule has 19 heavy (non-hydrogen) atoms. The highest BCUT2D eigenvalue weighted by Gasteiger charge is 2.19. The second-order valence-electron chi connectivity index (χ2n) is 5.10. The van der Waals surface area contributed by atoms with Crippen molar-refractivity contribution in [2.24, 2.45) is 0 Å². The van der Waals surface area contributed by atoms with Gasteiger partial charge < -0.3 is 0 Å². The average molecular weight is 250 g/mol. The fraction of sp³-hybridized carbons (Fsp3) is 0.267. The molecular weight excluding hydrogens is 236 g/mol. The maximum atomic E-state index is 4.25. The van der Waals surface area contributed by atoms with Crippen LogP contribution >= 0.6 is 0 Å². The van der Waals surface area contributed by atoms with Gasteiger partial charge in [0.15, 0.2) is 5.65 Å². The van der Waals surface area contributed by atoms with Crippen LogP contribution in [-0.4, -0.2) is 19.6 Å². The van der Waals surface area contributed by atoms with Gasteiger partial charge in [-0.15, -0.1) is 10.2 Å². The zero-order chi connectivity index (χ0) is 12.7. The first-order chi connectivity index (χ1) is 9.42. The largest absolute Gasteiger partial charge is 0.279 e. The van der Waals surface area contributed by atoms with Gasteiger partial charge in [0, 0.05) is 5.56 Å². The smallest absolute Gasteiger partial charge is 0.179 e. The molecule has 2 aromatic heterocycles. The second-order valence-corrected chi connectivity index (χ2v) is 5.10. The summed E-state index contributed by atoms with van der Waals surface area (Å²) in [4.78, 5) is 4.25. The van der Waals surface area contributed by atoms with Crippen molar-refractivity contribution in [3.63, 3.8) is 0 Å². The summed E-state index contributed by atoms with van der Waals surface area (Å²) in [6, 6.07) is 8.76. The van der Waals surface area contributed by atoms with Crippen LogP contribution in [0.4, 0.5) is 0 Å². The molecule has 0 amide bonds. The van der Waals surface area contributed by atoms with Gasteiger partial charge >= 0.3 is 0 Å². The third-order valence-electron chi connectivity index (χ3n) is 3.98. The summed E-state index contributed by atoms with van der Waals surface area (Å²) in [6.45, 7) is 0. The molecule has 1 saturated carbocycles. The predicted octanol–water partition coefficient (Wildman–Crippen LogP) is 3.06. The molecule has 4 nitrogen and oxygen atoms in total. The van der Waals surface area contributed by atoms with Crippen molar-refractivity contribution in [2.75, 3.05) is 0 Å². The van der Waals surface area contributed by atoms with Crippen molar-refractivity contribution < 1.29 is 0 Å². The molecule has 4 heteroatoms. The Morgan fingerprint density at radius 1 is 1.16 bits per heavy atom. The summed E-state index contributed by atoms with van der Waals surface area (Å²) in [6.07, 6.45) is 9.33. The first-order valence-electron chi connectivity index (χ1n) is 6.66. The van der Waals surface area contributed by atoms with Crippen LogP contribution in [0.2, 0.25) is 0 Å². The summed E-state index contributed by atoms with van der Waals surface area (Å²) in [5, 5.41) is 7.99. The van der Waals surface area contributed by atoms with Crippen molar-refractivity contribution in [2.45, 2.75) is 25.2 Å². The van der Waals surface area contributed by atoms with Crippen LogP contribution in [-0.2, 0) is 0 Å². The molecule has 0 radical (unpaired) electrons. The van der Waals surface area contributed by atoms with E-state index in [9.17, 15) is 0 Å². The third-order valence-corrected chi connectivity index (χ3v) is 3.98. The van der Waals surface area contributed by atoms with Crippen LogP contribution in [0.15, 0.2) is 43.0 Å². The SMILES string of the molecule is c1cc(-c2cncc3nncn23)cc(C2CCC2)c1. The molecule has 4 rings (SSSR count). The normalized spacial score (nSPS) is 15.6. The predicted molar refractivity (Wildman–Crippen MR) is 72.8 cm³/mol. The van der Waals surface area contributed by atoms with E-state index in [0.717, 1.165) is 17.3 Å². The van der Waals surface area contributed by atoms with Crippen LogP contribution in [0.25, 0.3) is 16.9 Å². The van der Waals surface area contributed by atoms with Gasteiger partial charge in [-0.2, -0.15) is 0 Å². The van der Waals surface area contributed by atoms with E-state index < -0.39 is 0 Å². The van der Waals surface area contributed by atoms with Crippen molar-refractivity contribution in [3.05, 3.63) is 48.5 Å². The molecule has 0 N–H and O–H groups in total. The highest BCUT2D eigenvalue weighted by Crippen LogP contribution is 2.37. The Morgan fingerprint density at radius 3 is 2.95 bits per heavy atom. The van der Waals surface area contributed by atoms with Gasteiger partial charge in [0.2, 0.25) is 0 Å². The second kappa shape index (κ2) is 4.16. The van der Waals surface area contributed by atoms with Crippen LogP contribution in [0.1, 0.15) is 30.7 Å². The Bertz CT molecular complexity index is 728. The Labute approximate surface area is 111 Å². The molecule has 0 saturated heterocycles. The molecule has 1 aromatic carbocycles. The number of aromatic nitrogens is 4. The van der Waals surface area contributed by atoms with Crippen LogP contribution in [0, 0.1) is 0 Å². The van der Waals surface area contributed by atoms with E-state index >= 15 is 0 Å². The highest BCUT2D eigenvalue weighted by molar-refractivity contribution is 5.62. The zero-order valence-corrected chi connectivity index (χ0v) is 10.5. The molecule has 0 bridgehead atoms. The topological polar surface area (TPSA) is 43.1 Å². The van der Waals surface area contributed by atoms with Gasteiger partial charge in [-0.3, -0.25) is 9.38 Å². The number of hydrogen-bond donors (Lipinski definition) is 0. The summed E-state index contributed by atoms with van der Waals surface area (Å²) >= 11 is 0. The molecular formula is C15H14N4. The highest BCUT2D eigenvalue weighted by atomic mass is 15.2. The number of nitrogens with zero attached hydrogens (tertiary/aromatic N) is 4. The average Bonchev–Trinajstić information content (AvgIpc) is 2.85. The summed E-state index contributed by atoms with van der Waals surface area (Å²) in [5.74, 6) is 0.744. The number of hydrogen-bond acceptors (Lipinski definition) is 3. The maximum Gasteiger partial charge on any atom is 0.179 e. The van der Waals surface area contributed by atoms with Crippen molar-refractivity contribution in [1.82, 2.24) is 19.6 Å². The molecule has 0 spiro atoms. The number of benzene rings is 1. The molecule has 2 heterocycles. The Kier molecular flexibility index (Phi) is 2.33. The van der Waals surface area contributed by atoms with E-state index in [4.69, 9.17) is 0 Å². The van der Waals surface area contributed by atoms with E-state index in [1.807, 2.05) is 10.6 Å². The summed E-state index contributed by atoms with van der Waals surface area (Å²) in [5.41, 5.74) is 4.45. The number of rotatable bonds is 2. The minimum absolute atomic E-state index is 0.744. The fourth-order valence-corrected chi connectivity index (χ4v) is 2.66. The maximum absolute atomic E-state index is 4.25. The van der Waals surface area contributed by atoms with Gasteiger partial charge in [-0.25, -0.2) is 0 Å². The fourth-order valence-electron chi connectivity index (χ4n) is 2.66. The van der Waals surface area contributed by atoms with Gasteiger partial charge in [-0.1, -0.05) is 24.6 Å². The van der Waals surface area contributed by atoms with Crippen LogP contribution in [0.3, 0.4) is 0 Å². The lowest BCUT2D eigenvalue weighted by Gasteiger charge is -2.26. The molecule has 0 unspecified atom stereocenters. The van der Waals surface area contributed by atoms with Gasteiger partial charge in [-0.05, 0) is 30.4 Å². The third kappa shape index (κ3) is 1.71. The molecule has 94 valence electrons. The summed E-state index contributed by atoms with van der Waals surface area (Å²) < 4.78 is 1.98. The van der Waals surface area contributed by atoms with Gasteiger partial charge in [0.25, 0.3) is 0 Å². The molecule has 3 aromatic rings. The monoisotopic (exact) mass is 250 g/mol. The van der Waals surface area contributed by atoms with Gasteiger partial charge in [0.05, 0.1) is 18.1 Å². The minimum Gasteiger partial charge on any atom is -0.279 e. The lowest BCUT2D eigenvalue weighted by molar-refractivity contribution is 0.420. The quantitative estimate of drug-likeness (QED) is 0.702. The zero-order valence-electron chi connectivity index (χ0n) is 10.5. The van der Waals surface area contributed by atoms with E-state index in [1.54, 1.807) is 12.5 Å².